The third-order valence-corrected chi connectivity index (χ3v) is 8.56. The van der Waals surface area contributed by atoms with Gasteiger partial charge in [0.1, 0.15) is 6.04 Å². The number of hydrogen-bond donors (Lipinski definition) is 1. The van der Waals surface area contributed by atoms with Crippen molar-refractivity contribution in [2.45, 2.75) is 49.6 Å². The SMILES string of the molecule is Cn1ccc(S(=O)(=O)N2CCN([C@@H](CC3CCCCC3)C(=O)Nc3nccs3)C(=O)C2)n1. The van der Waals surface area contributed by atoms with E-state index in [9.17, 15) is 18.0 Å². The fourth-order valence-electron chi connectivity index (χ4n) is 4.45. The van der Waals surface area contributed by atoms with Crippen molar-refractivity contribution in [1.82, 2.24) is 24.0 Å². The molecule has 1 saturated heterocycles. The molecular weight excluding hydrogens is 452 g/mol. The number of hydrogen-bond acceptors (Lipinski definition) is 7. The third-order valence-electron chi connectivity index (χ3n) is 6.14. The monoisotopic (exact) mass is 480 g/mol. The highest BCUT2D eigenvalue weighted by molar-refractivity contribution is 7.89. The van der Waals surface area contributed by atoms with Crippen LogP contribution in [-0.2, 0) is 26.7 Å². The van der Waals surface area contributed by atoms with Gasteiger partial charge < -0.3 is 10.2 Å². The summed E-state index contributed by atoms with van der Waals surface area (Å²) in [5.41, 5.74) is 0. The number of sulfonamides is 1. The van der Waals surface area contributed by atoms with E-state index >= 15 is 0 Å². The molecule has 3 heterocycles. The summed E-state index contributed by atoms with van der Waals surface area (Å²) in [5.74, 6) is -0.260. The lowest BCUT2D eigenvalue weighted by Gasteiger charge is -2.39. The Morgan fingerprint density at radius 2 is 2.06 bits per heavy atom. The van der Waals surface area contributed by atoms with Gasteiger partial charge in [-0.1, -0.05) is 32.1 Å². The van der Waals surface area contributed by atoms with Crippen molar-refractivity contribution in [3.05, 3.63) is 23.8 Å². The lowest BCUT2D eigenvalue weighted by Crippen LogP contribution is -2.58. The lowest BCUT2D eigenvalue weighted by atomic mass is 9.84. The Hall–Kier alpha value is -2.31. The average Bonchev–Trinajstić information content (AvgIpc) is 3.45. The number of carbonyl (C=O) groups is 2. The van der Waals surface area contributed by atoms with Crippen LogP contribution in [0.5, 0.6) is 0 Å². The summed E-state index contributed by atoms with van der Waals surface area (Å²) in [5, 5.41) is 8.99. The largest absolute Gasteiger partial charge is 0.328 e. The number of nitrogens with zero attached hydrogens (tertiary/aromatic N) is 5. The maximum Gasteiger partial charge on any atom is 0.262 e. The molecule has 1 atom stereocenters. The normalized spacial score (nSPS) is 19.8. The molecule has 0 radical (unpaired) electrons. The summed E-state index contributed by atoms with van der Waals surface area (Å²) in [7, 11) is -2.23. The highest BCUT2D eigenvalue weighted by Gasteiger charge is 2.39. The van der Waals surface area contributed by atoms with Gasteiger partial charge in [0.15, 0.2) is 10.2 Å². The van der Waals surface area contributed by atoms with Crippen LogP contribution in [0.1, 0.15) is 38.5 Å². The molecule has 0 unspecified atom stereocenters. The molecule has 12 heteroatoms. The number of aryl methyl sites for hydroxylation is 1. The summed E-state index contributed by atoms with van der Waals surface area (Å²) in [4.78, 5) is 31.9. The van der Waals surface area contributed by atoms with Gasteiger partial charge in [-0.25, -0.2) is 13.4 Å². The number of piperazine rings is 1. The quantitative estimate of drug-likeness (QED) is 0.644. The van der Waals surface area contributed by atoms with Crippen LogP contribution in [0.25, 0.3) is 0 Å². The first-order valence-corrected chi connectivity index (χ1v) is 13.2. The topological polar surface area (TPSA) is 118 Å². The minimum absolute atomic E-state index is 0.0819. The molecule has 1 aliphatic carbocycles. The minimum atomic E-state index is -3.87. The fourth-order valence-corrected chi connectivity index (χ4v) is 6.31. The molecule has 2 aliphatic rings. The van der Waals surface area contributed by atoms with Crippen molar-refractivity contribution in [1.29, 1.82) is 0 Å². The first kappa shape index (κ1) is 22.9. The number of carbonyl (C=O) groups excluding carboxylic acids is 2. The molecule has 0 aromatic carbocycles. The van der Waals surface area contributed by atoms with Gasteiger partial charge in [-0.05, 0) is 18.4 Å². The van der Waals surface area contributed by atoms with Crippen molar-refractivity contribution < 1.29 is 18.0 Å². The van der Waals surface area contributed by atoms with Gasteiger partial charge in [0.25, 0.3) is 10.0 Å². The molecule has 1 N–H and O–H groups in total. The molecular formula is C20H28N6O4S2. The fraction of sp³-hybridized carbons (Fsp3) is 0.600. The second-order valence-electron chi connectivity index (χ2n) is 8.34. The van der Waals surface area contributed by atoms with Crippen molar-refractivity contribution in [2.24, 2.45) is 13.0 Å². The van der Waals surface area contributed by atoms with Crippen molar-refractivity contribution in [2.75, 3.05) is 25.0 Å². The van der Waals surface area contributed by atoms with E-state index < -0.39 is 16.1 Å². The Balaban J connectivity index is 1.49. The molecule has 2 fully saturated rings. The van der Waals surface area contributed by atoms with Crippen LogP contribution >= 0.6 is 11.3 Å². The van der Waals surface area contributed by atoms with Crippen molar-refractivity contribution >= 4 is 38.3 Å². The predicted molar refractivity (Wildman–Crippen MR) is 119 cm³/mol. The molecule has 2 aromatic heterocycles. The van der Waals surface area contributed by atoms with Crippen LogP contribution in [0.15, 0.2) is 28.9 Å². The van der Waals surface area contributed by atoms with E-state index in [-0.39, 0.29) is 36.5 Å². The van der Waals surface area contributed by atoms with E-state index in [0.29, 0.717) is 17.5 Å². The minimum Gasteiger partial charge on any atom is -0.328 e. The second kappa shape index (κ2) is 9.67. The molecule has 2 aromatic rings. The van der Waals surface area contributed by atoms with Gasteiger partial charge in [-0.2, -0.15) is 9.40 Å². The molecule has 0 spiro atoms. The Morgan fingerprint density at radius 1 is 1.28 bits per heavy atom. The molecule has 32 heavy (non-hydrogen) atoms. The Kier molecular flexibility index (Phi) is 6.91. The van der Waals surface area contributed by atoms with Gasteiger partial charge in [-0.15, -0.1) is 11.3 Å². The summed E-state index contributed by atoms with van der Waals surface area (Å²) in [6.07, 6.45) is 9.31. The Morgan fingerprint density at radius 3 is 2.69 bits per heavy atom. The first-order valence-electron chi connectivity index (χ1n) is 10.8. The zero-order chi connectivity index (χ0) is 22.7. The summed E-state index contributed by atoms with van der Waals surface area (Å²) in [6, 6.07) is 0.772. The van der Waals surface area contributed by atoms with E-state index in [2.05, 4.69) is 15.4 Å². The lowest BCUT2D eigenvalue weighted by molar-refractivity contribution is -0.142. The maximum absolute atomic E-state index is 13.1. The summed E-state index contributed by atoms with van der Waals surface area (Å²) < 4.78 is 28.3. The first-order chi connectivity index (χ1) is 15.3. The van der Waals surface area contributed by atoms with Gasteiger partial charge in [0, 0.05) is 37.9 Å². The molecule has 1 aliphatic heterocycles. The van der Waals surface area contributed by atoms with Crippen LogP contribution in [0.2, 0.25) is 0 Å². The summed E-state index contributed by atoms with van der Waals surface area (Å²) in [6.45, 7) is -0.0193. The highest BCUT2D eigenvalue weighted by Crippen LogP contribution is 2.30. The zero-order valence-corrected chi connectivity index (χ0v) is 19.6. The molecule has 4 rings (SSSR count). The van der Waals surface area contributed by atoms with Gasteiger partial charge >= 0.3 is 0 Å². The number of rotatable bonds is 7. The van der Waals surface area contributed by atoms with Crippen LogP contribution < -0.4 is 5.32 Å². The van der Waals surface area contributed by atoms with Crippen molar-refractivity contribution in [3.8, 4) is 0 Å². The highest BCUT2D eigenvalue weighted by atomic mass is 32.2. The zero-order valence-electron chi connectivity index (χ0n) is 18.0. The number of amides is 2. The molecule has 0 bridgehead atoms. The smallest absolute Gasteiger partial charge is 0.262 e. The molecule has 1 saturated carbocycles. The van der Waals surface area contributed by atoms with E-state index in [1.807, 2.05) is 0 Å². The van der Waals surface area contributed by atoms with Crippen LogP contribution in [-0.4, -0.2) is 69.9 Å². The van der Waals surface area contributed by atoms with E-state index in [0.717, 1.165) is 30.0 Å². The Bertz CT molecular complexity index is 1050. The van der Waals surface area contributed by atoms with Crippen molar-refractivity contribution in [3.63, 3.8) is 0 Å². The number of aromatic nitrogens is 3. The molecule has 2 amide bonds. The van der Waals surface area contributed by atoms with E-state index in [1.165, 1.54) is 28.5 Å². The molecule has 10 nitrogen and oxygen atoms in total. The van der Waals surface area contributed by atoms with Crippen LogP contribution in [0.3, 0.4) is 0 Å². The number of anilines is 1. The van der Waals surface area contributed by atoms with Crippen LogP contribution in [0, 0.1) is 5.92 Å². The Labute approximate surface area is 191 Å². The number of nitrogens with one attached hydrogen (secondary N) is 1. The van der Waals surface area contributed by atoms with Crippen LogP contribution in [0.4, 0.5) is 5.13 Å². The van der Waals surface area contributed by atoms with E-state index in [1.54, 1.807) is 29.7 Å². The van der Waals surface area contributed by atoms with E-state index in [4.69, 9.17) is 0 Å². The van der Waals surface area contributed by atoms with Gasteiger partial charge in [0.2, 0.25) is 11.8 Å². The second-order valence-corrected chi connectivity index (χ2v) is 11.1. The predicted octanol–water partition coefficient (Wildman–Crippen LogP) is 1.69. The summed E-state index contributed by atoms with van der Waals surface area (Å²) >= 11 is 1.32. The number of thiazole rings is 1. The van der Waals surface area contributed by atoms with Gasteiger partial charge in [0.05, 0.1) is 6.54 Å². The maximum atomic E-state index is 13.1. The average molecular weight is 481 g/mol. The third kappa shape index (κ3) is 5.02. The van der Waals surface area contributed by atoms with Gasteiger partial charge in [-0.3, -0.25) is 14.3 Å². The standard InChI is InChI=1S/C20H28N6O4S2/c1-24-9-7-17(23-24)32(29,30)25-10-11-26(18(27)14-25)16(13-15-5-3-2-4-6-15)19(28)22-20-21-8-12-31-20/h7-9,12,15-16H,2-6,10-11,13-14H2,1H3,(H,21,22,28)/t16-/m0/s1. The molecule has 174 valence electrons.